The fourth-order valence-corrected chi connectivity index (χ4v) is 2.35. The largest absolute Gasteiger partial charge is 0.454 e. The van der Waals surface area contributed by atoms with Crippen molar-refractivity contribution in [3.63, 3.8) is 0 Å². The summed E-state index contributed by atoms with van der Waals surface area (Å²) in [7, 11) is 3.35. The minimum Gasteiger partial charge on any atom is -0.454 e. The number of ether oxygens (including phenoxy) is 3. The molecule has 0 aromatic heterocycles. The summed E-state index contributed by atoms with van der Waals surface area (Å²) in [5.74, 6) is 1.15. The predicted molar refractivity (Wildman–Crippen MR) is 91.4 cm³/mol. The molecule has 1 aromatic rings. The number of benzene rings is 1. The van der Waals surface area contributed by atoms with Gasteiger partial charge in [-0.2, -0.15) is 0 Å². The quantitative estimate of drug-likeness (QED) is 0.582. The number of amides is 2. The van der Waals surface area contributed by atoms with Crippen molar-refractivity contribution in [3.05, 3.63) is 23.8 Å². The van der Waals surface area contributed by atoms with Gasteiger partial charge in [-0.25, -0.2) is 0 Å². The average Bonchev–Trinajstić information content (AvgIpc) is 3.04. The Morgan fingerprint density at radius 2 is 1.88 bits per heavy atom. The minimum absolute atomic E-state index is 0.109. The number of hydrogen-bond donors (Lipinski definition) is 2. The second-order valence-electron chi connectivity index (χ2n) is 5.83. The lowest BCUT2D eigenvalue weighted by atomic mass is 10.2. The molecule has 0 radical (unpaired) electrons. The van der Waals surface area contributed by atoms with Crippen molar-refractivity contribution >= 4 is 11.8 Å². The molecule has 0 saturated heterocycles. The highest BCUT2D eigenvalue weighted by Gasteiger charge is 2.14. The lowest BCUT2D eigenvalue weighted by Gasteiger charge is -2.16. The van der Waals surface area contributed by atoms with Crippen molar-refractivity contribution in [1.29, 1.82) is 0 Å². The molecule has 138 valence electrons. The summed E-state index contributed by atoms with van der Waals surface area (Å²) in [6.45, 7) is 2.12. The number of fused-ring (bicyclic) bond motifs is 1. The first-order chi connectivity index (χ1) is 12.1. The van der Waals surface area contributed by atoms with E-state index in [2.05, 4.69) is 10.6 Å². The van der Waals surface area contributed by atoms with Crippen molar-refractivity contribution in [1.82, 2.24) is 15.5 Å². The van der Waals surface area contributed by atoms with Crippen LogP contribution in [0.4, 0.5) is 0 Å². The second kappa shape index (κ2) is 9.85. The first-order valence-corrected chi connectivity index (χ1v) is 8.18. The highest BCUT2D eigenvalue weighted by atomic mass is 16.7. The standard InChI is InChI=1S/C17H25N3O5/c1-20(10-16(21)18-6-3-7-23-2)11-17(22)19-9-13-4-5-14-15(8-13)25-12-24-14/h4-5,8H,3,6-7,9-12H2,1-2H3,(H,18,21)(H,19,22). The summed E-state index contributed by atoms with van der Waals surface area (Å²) >= 11 is 0. The summed E-state index contributed by atoms with van der Waals surface area (Å²) in [5.41, 5.74) is 0.927. The average molecular weight is 351 g/mol. The van der Waals surface area contributed by atoms with Gasteiger partial charge in [-0.15, -0.1) is 0 Å². The van der Waals surface area contributed by atoms with Crippen molar-refractivity contribution in [2.24, 2.45) is 0 Å². The number of nitrogens with one attached hydrogen (secondary N) is 2. The molecule has 0 atom stereocenters. The summed E-state index contributed by atoms with van der Waals surface area (Å²) in [4.78, 5) is 25.4. The van der Waals surface area contributed by atoms with E-state index in [0.717, 1.165) is 12.0 Å². The van der Waals surface area contributed by atoms with Crippen molar-refractivity contribution in [2.45, 2.75) is 13.0 Å². The minimum atomic E-state index is -0.146. The van der Waals surface area contributed by atoms with Crippen LogP contribution in [-0.4, -0.2) is 63.9 Å². The van der Waals surface area contributed by atoms with Crippen LogP contribution in [0.1, 0.15) is 12.0 Å². The second-order valence-corrected chi connectivity index (χ2v) is 5.83. The molecule has 1 aromatic carbocycles. The molecule has 1 aliphatic rings. The molecule has 0 bridgehead atoms. The number of methoxy groups -OCH3 is 1. The summed E-state index contributed by atoms with van der Waals surface area (Å²) < 4.78 is 15.5. The molecule has 0 fully saturated rings. The van der Waals surface area contributed by atoms with E-state index >= 15 is 0 Å². The number of rotatable bonds is 10. The van der Waals surface area contributed by atoms with Gasteiger partial charge in [0.25, 0.3) is 0 Å². The molecule has 1 heterocycles. The fraction of sp³-hybridized carbons (Fsp3) is 0.529. The van der Waals surface area contributed by atoms with Crippen molar-refractivity contribution in [3.8, 4) is 11.5 Å². The third-order valence-corrected chi connectivity index (χ3v) is 3.60. The van der Waals surface area contributed by atoms with Gasteiger partial charge in [0.2, 0.25) is 18.6 Å². The maximum atomic E-state index is 12.0. The summed E-state index contributed by atoms with van der Waals surface area (Å²) in [5, 5.41) is 5.61. The smallest absolute Gasteiger partial charge is 0.234 e. The third kappa shape index (κ3) is 6.60. The van der Waals surface area contributed by atoms with Crippen molar-refractivity contribution in [2.75, 3.05) is 47.2 Å². The highest BCUT2D eigenvalue weighted by Crippen LogP contribution is 2.32. The zero-order chi connectivity index (χ0) is 18.1. The summed E-state index contributed by atoms with van der Waals surface area (Å²) in [6.07, 6.45) is 0.766. The molecule has 8 nitrogen and oxygen atoms in total. The number of carbonyl (C=O) groups excluding carboxylic acids is 2. The van der Waals surface area contributed by atoms with E-state index in [1.807, 2.05) is 18.2 Å². The molecule has 2 N–H and O–H groups in total. The summed E-state index contributed by atoms with van der Waals surface area (Å²) in [6, 6.07) is 5.55. The van der Waals surface area contributed by atoms with Crippen molar-refractivity contribution < 1.29 is 23.8 Å². The Balaban J connectivity index is 1.65. The van der Waals surface area contributed by atoms with E-state index in [4.69, 9.17) is 14.2 Å². The Labute approximate surface area is 147 Å². The normalized spacial score (nSPS) is 12.3. The lowest BCUT2D eigenvalue weighted by molar-refractivity contribution is -0.124. The fourth-order valence-electron chi connectivity index (χ4n) is 2.35. The maximum absolute atomic E-state index is 12.0. The van der Waals surface area contributed by atoms with Gasteiger partial charge in [-0.1, -0.05) is 6.07 Å². The number of carbonyl (C=O) groups is 2. The van der Waals surface area contributed by atoms with Gasteiger partial charge >= 0.3 is 0 Å². The monoisotopic (exact) mass is 351 g/mol. The SMILES string of the molecule is COCCCNC(=O)CN(C)CC(=O)NCc1ccc2c(c1)OCO2. The Kier molecular flexibility index (Phi) is 7.49. The first kappa shape index (κ1) is 19.0. The zero-order valence-electron chi connectivity index (χ0n) is 14.7. The maximum Gasteiger partial charge on any atom is 0.234 e. The molecule has 0 saturated carbocycles. The number of likely N-dealkylation sites (N-methyl/N-ethyl adjacent to an activating group) is 1. The van der Waals surface area contributed by atoms with Gasteiger partial charge < -0.3 is 24.8 Å². The lowest BCUT2D eigenvalue weighted by Crippen LogP contribution is -2.41. The van der Waals surface area contributed by atoms with Gasteiger partial charge in [0.1, 0.15) is 0 Å². The van der Waals surface area contributed by atoms with E-state index < -0.39 is 0 Å². The van der Waals surface area contributed by atoms with Gasteiger partial charge in [-0.05, 0) is 31.2 Å². The molecule has 0 unspecified atom stereocenters. The van der Waals surface area contributed by atoms with Crippen LogP contribution in [-0.2, 0) is 20.9 Å². The van der Waals surface area contributed by atoms with Gasteiger partial charge in [0, 0.05) is 26.8 Å². The Hall–Kier alpha value is -2.32. The van der Waals surface area contributed by atoms with Crippen LogP contribution >= 0.6 is 0 Å². The third-order valence-electron chi connectivity index (χ3n) is 3.60. The van der Waals surface area contributed by atoms with Gasteiger partial charge in [-0.3, -0.25) is 14.5 Å². The molecular formula is C17H25N3O5. The molecule has 8 heteroatoms. The Bertz CT molecular complexity index is 594. The molecule has 25 heavy (non-hydrogen) atoms. The topological polar surface area (TPSA) is 89.1 Å². The highest BCUT2D eigenvalue weighted by molar-refractivity contribution is 5.81. The Morgan fingerprint density at radius 3 is 2.64 bits per heavy atom. The van der Waals surface area contributed by atoms with Crippen LogP contribution in [0.5, 0.6) is 11.5 Å². The van der Waals surface area contributed by atoms with E-state index in [0.29, 0.717) is 31.2 Å². The number of hydrogen-bond acceptors (Lipinski definition) is 6. The van der Waals surface area contributed by atoms with Gasteiger partial charge in [0.05, 0.1) is 13.1 Å². The number of nitrogens with zero attached hydrogens (tertiary/aromatic N) is 1. The van der Waals surface area contributed by atoms with Crippen LogP contribution in [0, 0.1) is 0 Å². The van der Waals surface area contributed by atoms with E-state index in [9.17, 15) is 9.59 Å². The first-order valence-electron chi connectivity index (χ1n) is 8.18. The van der Waals surface area contributed by atoms with E-state index in [1.165, 1.54) is 0 Å². The predicted octanol–water partition coefficient (Wildman–Crippen LogP) is 0.116. The van der Waals surface area contributed by atoms with Crippen LogP contribution < -0.4 is 20.1 Å². The molecule has 1 aliphatic heterocycles. The Morgan fingerprint density at radius 1 is 1.16 bits per heavy atom. The van der Waals surface area contributed by atoms with E-state index in [-0.39, 0.29) is 31.7 Å². The van der Waals surface area contributed by atoms with Gasteiger partial charge in [0.15, 0.2) is 11.5 Å². The van der Waals surface area contributed by atoms with E-state index in [1.54, 1.807) is 19.1 Å². The van der Waals surface area contributed by atoms with Crippen LogP contribution in [0.3, 0.4) is 0 Å². The molecular weight excluding hydrogens is 326 g/mol. The zero-order valence-corrected chi connectivity index (χ0v) is 14.7. The molecule has 2 amide bonds. The molecule has 0 aliphatic carbocycles. The van der Waals surface area contributed by atoms with Crippen LogP contribution in [0.25, 0.3) is 0 Å². The molecule has 2 rings (SSSR count). The van der Waals surface area contributed by atoms with Crippen LogP contribution in [0.15, 0.2) is 18.2 Å². The van der Waals surface area contributed by atoms with Crippen LogP contribution in [0.2, 0.25) is 0 Å². The molecule has 0 spiro atoms.